The third-order valence-electron chi connectivity index (χ3n) is 4.90. The molecule has 160 valence electrons. The molecule has 1 aromatic heterocycles. The number of hydrogen-bond donors (Lipinski definition) is 2. The molecule has 0 aliphatic carbocycles. The molecule has 1 fully saturated rings. The maximum absolute atomic E-state index is 12.4. The quantitative estimate of drug-likeness (QED) is 0.703. The molecule has 3 amide bonds. The van der Waals surface area contributed by atoms with Crippen LogP contribution in [0.5, 0.6) is 5.75 Å². The van der Waals surface area contributed by atoms with Crippen LogP contribution in [0.2, 0.25) is 0 Å². The molecule has 2 heterocycles. The molecule has 2 aromatic rings. The number of aryl methyl sites for hydroxylation is 1. The van der Waals surface area contributed by atoms with Crippen LogP contribution >= 0.6 is 11.3 Å². The number of likely N-dealkylation sites (tertiary alicyclic amines) is 1. The summed E-state index contributed by atoms with van der Waals surface area (Å²) in [5, 5.41) is 8.00. The van der Waals surface area contributed by atoms with Gasteiger partial charge in [-0.05, 0) is 51.0 Å². The van der Waals surface area contributed by atoms with E-state index in [0.717, 1.165) is 5.69 Å². The monoisotopic (exact) mass is 430 g/mol. The van der Waals surface area contributed by atoms with Crippen LogP contribution in [-0.2, 0) is 9.59 Å². The first-order valence-electron chi connectivity index (χ1n) is 9.98. The van der Waals surface area contributed by atoms with E-state index in [-0.39, 0.29) is 30.2 Å². The van der Waals surface area contributed by atoms with E-state index in [2.05, 4.69) is 15.6 Å². The molecule has 0 saturated carbocycles. The van der Waals surface area contributed by atoms with Crippen LogP contribution < -0.4 is 15.4 Å². The maximum Gasteiger partial charge on any atom is 0.251 e. The largest absolute Gasteiger partial charge is 0.494 e. The molecular formula is C21H26N4O4S. The number of amides is 3. The van der Waals surface area contributed by atoms with Gasteiger partial charge in [0.15, 0.2) is 5.13 Å². The minimum Gasteiger partial charge on any atom is -0.494 e. The van der Waals surface area contributed by atoms with Gasteiger partial charge in [-0.15, -0.1) is 11.3 Å². The van der Waals surface area contributed by atoms with Gasteiger partial charge in [-0.2, -0.15) is 0 Å². The zero-order valence-corrected chi connectivity index (χ0v) is 18.0. The molecule has 1 aromatic carbocycles. The second-order valence-electron chi connectivity index (χ2n) is 7.08. The van der Waals surface area contributed by atoms with Crippen LogP contribution in [0.3, 0.4) is 0 Å². The average molecular weight is 431 g/mol. The lowest BCUT2D eigenvalue weighted by Crippen LogP contribution is -2.45. The summed E-state index contributed by atoms with van der Waals surface area (Å²) in [4.78, 5) is 43.0. The molecule has 0 spiro atoms. The fourth-order valence-corrected chi connectivity index (χ4v) is 3.94. The van der Waals surface area contributed by atoms with E-state index in [4.69, 9.17) is 4.74 Å². The number of rotatable bonds is 7. The number of carbonyl (C=O) groups excluding carboxylic acids is 3. The van der Waals surface area contributed by atoms with E-state index in [1.54, 1.807) is 29.2 Å². The lowest BCUT2D eigenvalue weighted by Gasteiger charge is -2.31. The summed E-state index contributed by atoms with van der Waals surface area (Å²) in [6.07, 6.45) is 1.18. The number of benzene rings is 1. The normalized spacial score (nSPS) is 14.3. The zero-order valence-electron chi connectivity index (χ0n) is 17.1. The third-order valence-corrected chi connectivity index (χ3v) is 5.77. The van der Waals surface area contributed by atoms with Gasteiger partial charge in [0.1, 0.15) is 5.75 Å². The van der Waals surface area contributed by atoms with E-state index in [9.17, 15) is 14.4 Å². The fraction of sp³-hybridized carbons (Fsp3) is 0.429. The number of nitrogens with one attached hydrogen (secondary N) is 2. The van der Waals surface area contributed by atoms with Gasteiger partial charge in [0.2, 0.25) is 11.8 Å². The van der Waals surface area contributed by atoms with E-state index >= 15 is 0 Å². The smallest absolute Gasteiger partial charge is 0.251 e. The first-order valence-corrected chi connectivity index (χ1v) is 10.9. The second kappa shape index (κ2) is 10.2. The van der Waals surface area contributed by atoms with Crippen molar-refractivity contribution in [3.05, 3.63) is 40.9 Å². The Bertz CT molecular complexity index is 889. The SMILES string of the molecule is CCOc1ccc(C(=O)NCC(=O)N2CCC(C(=O)Nc3nc(C)cs3)CC2)cc1. The molecule has 30 heavy (non-hydrogen) atoms. The highest BCUT2D eigenvalue weighted by Gasteiger charge is 2.27. The number of piperidine rings is 1. The van der Waals surface area contributed by atoms with Crippen LogP contribution in [-0.4, -0.2) is 53.8 Å². The number of aromatic nitrogens is 1. The summed E-state index contributed by atoms with van der Waals surface area (Å²) in [5.41, 5.74) is 1.35. The van der Waals surface area contributed by atoms with Crippen molar-refractivity contribution in [2.24, 2.45) is 5.92 Å². The molecule has 3 rings (SSSR count). The summed E-state index contributed by atoms with van der Waals surface area (Å²) in [6, 6.07) is 6.78. The minimum atomic E-state index is -0.306. The standard InChI is InChI=1S/C21H26N4O4S/c1-3-29-17-6-4-15(5-7-17)19(27)22-12-18(26)25-10-8-16(9-11-25)20(28)24-21-23-14(2)13-30-21/h4-7,13,16H,3,8-12H2,1-2H3,(H,22,27)(H,23,24,28). The van der Waals surface area contributed by atoms with Gasteiger partial charge in [-0.3, -0.25) is 14.4 Å². The molecule has 0 bridgehead atoms. The van der Waals surface area contributed by atoms with Gasteiger partial charge in [0, 0.05) is 30.0 Å². The third kappa shape index (κ3) is 5.79. The van der Waals surface area contributed by atoms with Crippen LogP contribution in [0, 0.1) is 12.8 Å². The van der Waals surface area contributed by atoms with Crippen LogP contribution in [0.25, 0.3) is 0 Å². The number of nitrogens with zero attached hydrogens (tertiary/aromatic N) is 2. The molecule has 1 saturated heterocycles. The first-order chi connectivity index (χ1) is 14.5. The van der Waals surface area contributed by atoms with Crippen molar-refractivity contribution in [2.75, 3.05) is 31.6 Å². The lowest BCUT2D eigenvalue weighted by atomic mass is 9.96. The van der Waals surface area contributed by atoms with Crippen molar-refractivity contribution < 1.29 is 19.1 Å². The van der Waals surface area contributed by atoms with Gasteiger partial charge in [0.25, 0.3) is 5.91 Å². The van der Waals surface area contributed by atoms with E-state index in [1.165, 1.54) is 11.3 Å². The number of hydrogen-bond acceptors (Lipinski definition) is 6. The van der Waals surface area contributed by atoms with Crippen LogP contribution in [0.1, 0.15) is 35.8 Å². The predicted molar refractivity (Wildman–Crippen MR) is 115 cm³/mol. The van der Waals surface area contributed by atoms with Gasteiger partial charge in [0.05, 0.1) is 18.8 Å². The molecular weight excluding hydrogens is 404 g/mol. The first kappa shape index (κ1) is 21.8. The van der Waals surface area contributed by atoms with Gasteiger partial charge in [-0.25, -0.2) is 4.98 Å². The highest BCUT2D eigenvalue weighted by Crippen LogP contribution is 2.21. The Hall–Kier alpha value is -2.94. The number of carbonyl (C=O) groups is 3. The summed E-state index contributed by atoms with van der Waals surface area (Å²) in [6.45, 7) is 5.25. The molecule has 1 aliphatic heterocycles. The van der Waals surface area contributed by atoms with E-state index in [0.29, 0.717) is 49.0 Å². The van der Waals surface area contributed by atoms with Crippen molar-refractivity contribution >= 4 is 34.2 Å². The number of ether oxygens (including phenoxy) is 1. The molecule has 0 radical (unpaired) electrons. The Morgan fingerprint density at radius 2 is 1.90 bits per heavy atom. The molecule has 0 atom stereocenters. The van der Waals surface area contributed by atoms with Crippen molar-refractivity contribution in [1.29, 1.82) is 0 Å². The average Bonchev–Trinajstić information content (AvgIpc) is 3.17. The molecule has 2 N–H and O–H groups in total. The van der Waals surface area contributed by atoms with Crippen molar-refractivity contribution in [3.8, 4) is 5.75 Å². The lowest BCUT2D eigenvalue weighted by molar-refractivity contribution is -0.133. The summed E-state index contributed by atoms with van der Waals surface area (Å²) >= 11 is 1.40. The van der Waals surface area contributed by atoms with Crippen molar-refractivity contribution in [2.45, 2.75) is 26.7 Å². The van der Waals surface area contributed by atoms with Crippen molar-refractivity contribution in [1.82, 2.24) is 15.2 Å². The van der Waals surface area contributed by atoms with Crippen LogP contribution in [0.15, 0.2) is 29.6 Å². The number of anilines is 1. The van der Waals surface area contributed by atoms with Crippen LogP contribution in [0.4, 0.5) is 5.13 Å². The molecule has 8 nitrogen and oxygen atoms in total. The minimum absolute atomic E-state index is 0.0553. The van der Waals surface area contributed by atoms with E-state index < -0.39 is 0 Å². The Morgan fingerprint density at radius 1 is 1.20 bits per heavy atom. The Morgan fingerprint density at radius 3 is 2.50 bits per heavy atom. The zero-order chi connectivity index (χ0) is 21.5. The summed E-state index contributed by atoms with van der Waals surface area (Å²) in [7, 11) is 0. The Labute approximate surface area is 179 Å². The Balaban J connectivity index is 1.41. The topological polar surface area (TPSA) is 101 Å². The highest BCUT2D eigenvalue weighted by molar-refractivity contribution is 7.13. The number of thiazole rings is 1. The predicted octanol–water partition coefficient (Wildman–Crippen LogP) is 2.46. The van der Waals surface area contributed by atoms with Gasteiger partial charge in [-0.1, -0.05) is 0 Å². The fourth-order valence-electron chi connectivity index (χ4n) is 3.25. The summed E-state index contributed by atoms with van der Waals surface area (Å²) < 4.78 is 5.35. The molecule has 1 aliphatic rings. The highest BCUT2D eigenvalue weighted by atomic mass is 32.1. The second-order valence-corrected chi connectivity index (χ2v) is 7.94. The molecule has 0 unspecified atom stereocenters. The Kier molecular flexibility index (Phi) is 7.40. The van der Waals surface area contributed by atoms with Gasteiger partial charge < -0.3 is 20.3 Å². The maximum atomic E-state index is 12.4. The van der Waals surface area contributed by atoms with Gasteiger partial charge >= 0.3 is 0 Å². The van der Waals surface area contributed by atoms with Crippen molar-refractivity contribution in [3.63, 3.8) is 0 Å². The summed E-state index contributed by atoms with van der Waals surface area (Å²) in [5.74, 6) is 0.0436. The molecule has 9 heteroatoms. The van der Waals surface area contributed by atoms with E-state index in [1.807, 2.05) is 19.2 Å².